The SMILES string of the molecule is COc1ccc(Cl)cc1C(=O)Nc1ccc(N2CC[NH+](C)CC2)cc1. The van der Waals surface area contributed by atoms with Gasteiger partial charge < -0.3 is 19.9 Å². The monoisotopic (exact) mass is 360 g/mol. The first kappa shape index (κ1) is 17.6. The van der Waals surface area contributed by atoms with Crippen molar-refractivity contribution in [3.05, 3.63) is 53.1 Å². The van der Waals surface area contributed by atoms with E-state index in [1.807, 2.05) is 24.3 Å². The number of carbonyl (C=O) groups excluding carboxylic acids is 1. The zero-order valence-electron chi connectivity index (χ0n) is 14.5. The van der Waals surface area contributed by atoms with E-state index in [1.54, 1.807) is 23.1 Å². The Labute approximate surface area is 153 Å². The van der Waals surface area contributed by atoms with Crippen molar-refractivity contribution in [3.63, 3.8) is 0 Å². The number of amides is 1. The van der Waals surface area contributed by atoms with Crippen molar-refractivity contribution in [3.8, 4) is 5.75 Å². The van der Waals surface area contributed by atoms with Crippen LogP contribution < -0.4 is 19.9 Å². The zero-order valence-corrected chi connectivity index (χ0v) is 15.3. The molecule has 6 heteroatoms. The van der Waals surface area contributed by atoms with Crippen LogP contribution in [0.15, 0.2) is 42.5 Å². The van der Waals surface area contributed by atoms with Crippen LogP contribution in [0.5, 0.6) is 5.75 Å². The Hall–Kier alpha value is -2.24. The summed E-state index contributed by atoms with van der Waals surface area (Å²) in [5, 5.41) is 3.40. The number of quaternary nitrogens is 1. The number of hydrogen-bond acceptors (Lipinski definition) is 3. The molecule has 3 rings (SSSR count). The number of anilines is 2. The molecule has 1 heterocycles. The van der Waals surface area contributed by atoms with E-state index in [0.717, 1.165) is 31.9 Å². The summed E-state index contributed by atoms with van der Waals surface area (Å²) in [5.74, 6) is 0.258. The van der Waals surface area contributed by atoms with Crippen LogP contribution >= 0.6 is 11.6 Å². The molecular formula is C19H23ClN3O2+. The summed E-state index contributed by atoms with van der Waals surface area (Å²) >= 11 is 6.00. The zero-order chi connectivity index (χ0) is 17.8. The van der Waals surface area contributed by atoms with Crippen LogP contribution in [-0.4, -0.2) is 46.2 Å². The number of nitrogens with one attached hydrogen (secondary N) is 2. The molecule has 0 spiro atoms. The minimum Gasteiger partial charge on any atom is -0.496 e. The molecule has 2 aromatic rings. The minimum absolute atomic E-state index is 0.240. The molecule has 1 saturated heterocycles. The lowest BCUT2D eigenvalue weighted by Crippen LogP contribution is -3.12. The molecule has 5 nitrogen and oxygen atoms in total. The van der Waals surface area contributed by atoms with E-state index in [1.165, 1.54) is 12.8 Å². The molecule has 0 bridgehead atoms. The average molecular weight is 361 g/mol. The number of methoxy groups -OCH3 is 1. The Bertz CT molecular complexity index is 741. The molecule has 1 aliphatic heterocycles. The van der Waals surface area contributed by atoms with Gasteiger partial charge in [0.25, 0.3) is 5.91 Å². The third-order valence-corrected chi connectivity index (χ3v) is 4.75. The van der Waals surface area contributed by atoms with Crippen molar-refractivity contribution >= 4 is 28.9 Å². The molecule has 2 N–H and O–H groups in total. The first-order chi connectivity index (χ1) is 12.1. The van der Waals surface area contributed by atoms with Crippen LogP contribution in [0.25, 0.3) is 0 Å². The van der Waals surface area contributed by atoms with E-state index in [0.29, 0.717) is 16.3 Å². The first-order valence-corrected chi connectivity index (χ1v) is 8.76. The van der Waals surface area contributed by atoms with Gasteiger partial charge in [-0.05, 0) is 42.5 Å². The Kier molecular flexibility index (Phi) is 5.46. The minimum atomic E-state index is -0.240. The van der Waals surface area contributed by atoms with Crippen molar-refractivity contribution in [1.82, 2.24) is 0 Å². The van der Waals surface area contributed by atoms with Crippen LogP contribution in [0.3, 0.4) is 0 Å². The summed E-state index contributed by atoms with van der Waals surface area (Å²) in [7, 11) is 3.76. The van der Waals surface area contributed by atoms with Gasteiger partial charge in [-0.25, -0.2) is 0 Å². The van der Waals surface area contributed by atoms with E-state index < -0.39 is 0 Å². The molecule has 0 radical (unpaired) electrons. The van der Waals surface area contributed by atoms with E-state index >= 15 is 0 Å². The van der Waals surface area contributed by atoms with Crippen LogP contribution in [0, 0.1) is 0 Å². The Balaban J connectivity index is 1.69. The standard InChI is InChI=1S/C19H22ClN3O2/c1-22-9-11-23(12-10-22)16-6-4-15(5-7-16)21-19(24)17-13-14(20)3-8-18(17)25-2/h3-8,13H,9-12H2,1-2H3,(H,21,24)/p+1. The number of carbonyl (C=O) groups is 1. The first-order valence-electron chi connectivity index (χ1n) is 8.38. The summed E-state index contributed by atoms with van der Waals surface area (Å²) in [4.78, 5) is 16.4. The fraction of sp³-hybridized carbons (Fsp3) is 0.316. The highest BCUT2D eigenvalue weighted by atomic mass is 35.5. The summed E-state index contributed by atoms with van der Waals surface area (Å²) in [6.07, 6.45) is 0. The topological polar surface area (TPSA) is 46.0 Å². The molecule has 0 unspecified atom stereocenters. The molecule has 2 aromatic carbocycles. The lowest BCUT2D eigenvalue weighted by Gasteiger charge is -2.31. The van der Waals surface area contributed by atoms with Gasteiger partial charge in [0.2, 0.25) is 0 Å². The van der Waals surface area contributed by atoms with Crippen molar-refractivity contribution in [2.24, 2.45) is 0 Å². The highest BCUT2D eigenvalue weighted by Gasteiger charge is 2.17. The molecule has 0 aliphatic carbocycles. The Morgan fingerprint density at radius 1 is 1.16 bits per heavy atom. The number of likely N-dealkylation sites (N-methyl/N-ethyl adjacent to an activating group) is 1. The van der Waals surface area contributed by atoms with E-state index in [4.69, 9.17) is 16.3 Å². The van der Waals surface area contributed by atoms with Gasteiger partial charge >= 0.3 is 0 Å². The second kappa shape index (κ2) is 7.76. The third-order valence-electron chi connectivity index (χ3n) is 4.51. The van der Waals surface area contributed by atoms with Gasteiger partial charge in [0.1, 0.15) is 5.75 Å². The second-order valence-electron chi connectivity index (χ2n) is 6.29. The number of halogens is 1. The number of nitrogens with zero attached hydrogens (tertiary/aromatic N) is 1. The van der Waals surface area contributed by atoms with Crippen molar-refractivity contribution in [1.29, 1.82) is 0 Å². The van der Waals surface area contributed by atoms with Crippen LogP contribution in [0.1, 0.15) is 10.4 Å². The van der Waals surface area contributed by atoms with Crippen LogP contribution in [0.4, 0.5) is 11.4 Å². The molecule has 0 aromatic heterocycles. The number of benzene rings is 2. The fourth-order valence-corrected chi connectivity index (χ4v) is 3.13. The molecular weight excluding hydrogens is 338 g/mol. The lowest BCUT2D eigenvalue weighted by atomic mass is 10.1. The van der Waals surface area contributed by atoms with Crippen LogP contribution in [-0.2, 0) is 0 Å². The van der Waals surface area contributed by atoms with Gasteiger partial charge in [0, 0.05) is 16.4 Å². The van der Waals surface area contributed by atoms with Gasteiger partial charge in [-0.2, -0.15) is 0 Å². The molecule has 1 amide bonds. The molecule has 1 fully saturated rings. The highest BCUT2D eigenvalue weighted by molar-refractivity contribution is 6.31. The highest BCUT2D eigenvalue weighted by Crippen LogP contribution is 2.24. The Morgan fingerprint density at radius 2 is 1.84 bits per heavy atom. The van der Waals surface area contributed by atoms with Crippen LogP contribution in [0.2, 0.25) is 5.02 Å². The van der Waals surface area contributed by atoms with Gasteiger partial charge in [-0.15, -0.1) is 0 Å². The van der Waals surface area contributed by atoms with Gasteiger partial charge in [0.15, 0.2) is 0 Å². The van der Waals surface area contributed by atoms with E-state index in [-0.39, 0.29) is 5.91 Å². The summed E-state index contributed by atoms with van der Waals surface area (Å²) < 4.78 is 5.24. The lowest BCUT2D eigenvalue weighted by molar-refractivity contribution is -0.880. The largest absolute Gasteiger partial charge is 0.496 e. The van der Waals surface area contributed by atoms with E-state index in [2.05, 4.69) is 17.3 Å². The maximum atomic E-state index is 12.5. The number of piperazine rings is 1. The molecule has 0 saturated carbocycles. The molecule has 25 heavy (non-hydrogen) atoms. The molecule has 0 atom stereocenters. The van der Waals surface area contributed by atoms with E-state index in [9.17, 15) is 4.79 Å². The van der Waals surface area contributed by atoms with Crippen molar-refractivity contribution in [2.45, 2.75) is 0 Å². The summed E-state index contributed by atoms with van der Waals surface area (Å²) in [6.45, 7) is 4.40. The Morgan fingerprint density at radius 3 is 2.48 bits per heavy atom. The maximum absolute atomic E-state index is 12.5. The number of rotatable bonds is 4. The van der Waals surface area contributed by atoms with Crippen molar-refractivity contribution < 1.29 is 14.4 Å². The molecule has 1 aliphatic rings. The maximum Gasteiger partial charge on any atom is 0.259 e. The smallest absolute Gasteiger partial charge is 0.259 e. The second-order valence-corrected chi connectivity index (χ2v) is 6.73. The van der Waals surface area contributed by atoms with Crippen molar-refractivity contribution in [2.75, 3.05) is 50.6 Å². The van der Waals surface area contributed by atoms with Gasteiger partial charge in [0.05, 0.1) is 45.9 Å². The predicted molar refractivity (Wildman–Crippen MR) is 101 cm³/mol. The summed E-state index contributed by atoms with van der Waals surface area (Å²) in [6, 6.07) is 12.9. The number of hydrogen-bond donors (Lipinski definition) is 2. The normalized spacial score (nSPS) is 15.1. The summed E-state index contributed by atoms with van der Waals surface area (Å²) in [5.41, 5.74) is 2.35. The fourth-order valence-electron chi connectivity index (χ4n) is 2.96. The third kappa shape index (κ3) is 4.24. The quantitative estimate of drug-likeness (QED) is 0.876. The molecule has 132 valence electrons. The number of ether oxygens (including phenoxy) is 1. The average Bonchev–Trinajstić information content (AvgIpc) is 2.63. The predicted octanol–water partition coefficient (Wildman–Crippen LogP) is 1.94. The van der Waals surface area contributed by atoms with Gasteiger partial charge in [-0.1, -0.05) is 11.6 Å². The van der Waals surface area contributed by atoms with Gasteiger partial charge in [-0.3, -0.25) is 4.79 Å².